The molecule has 1 aromatic carbocycles. The van der Waals surface area contributed by atoms with Gasteiger partial charge in [0.25, 0.3) is 0 Å². The molecule has 1 fully saturated rings. The van der Waals surface area contributed by atoms with Gasteiger partial charge in [-0.25, -0.2) is 9.37 Å². The van der Waals surface area contributed by atoms with Crippen LogP contribution in [0.5, 0.6) is 0 Å². The zero-order chi connectivity index (χ0) is 18.7. The molecule has 1 aromatic heterocycles. The average molecular weight is 381 g/mol. The molecule has 1 saturated heterocycles. The fourth-order valence-electron chi connectivity index (χ4n) is 2.97. The Morgan fingerprint density at radius 3 is 2.54 bits per heavy atom. The van der Waals surface area contributed by atoms with Gasteiger partial charge in [-0.1, -0.05) is 23.7 Å². The standard InChI is InChI=1S/C18H22ClFN4O2/c1-12(13-2-4-14(20)5-3-13)21-17-22-15(19)10-16(23-17)24-8-6-18(26,11-25)7-9-24/h2-5,10,12,25-26H,6-9,11H2,1H3,(H,21,22,23). The second-order valence-corrected chi connectivity index (χ2v) is 7.05. The van der Waals surface area contributed by atoms with Gasteiger partial charge in [0.15, 0.2) is 0 Å². The molecular weight excluding hydrogens is 359 g/mol. The highest BCUT2D eigenvalue weighted by Crippen LogP contribution is 2.27. The van der Waals surface area contributed by atoms with Gasteiger partial charge in [-0.05, 0) is 37.5 Å². The fraction of sp³-hybridized carbons (Fsp3) is 0.444. The Kier molecular flexibility index (Phi) is 5.60. The van der Waals surface area contributed by atoms with Crippen LogP contribution in [0.2, 0.25) is 5.15 Å². The summed E-state index contributed by atoms with van der Waals surface area (Å²) in [5.41, 5.74) is -0.117. The molecule has 3 N–H and O–H groups in total. The van der Waals surface area contributed by atoms with E-state index < -0.39 is 5.60 Å². The monoisotopic (exact) mass is 380 g/mol. The molecule has 26 heavy (non-hydrogen) atoms. The predicted molar refractivity (Wildman–Crippen MR) is 99.0 cm³/mol. The van der Waals surface area contributed by atoms with Crippen molar-refractivity contribution in [3.05, 3.63) is 46.9 Å². The van der Waals surface area contributed by atoms with Crippen LogP contribution in [-0.4, -0.2) is 45.5 Å². The molecule has 2 heterocycles. The third-order valence-corrected chi connectivity index (χ3v) is 4.90. The van der Waals surface area contributed by atoms with Crippen LogP contribution in [0.1, 0.15) is 31.4 Å². The van der Waals surface area contributed by atoms with Crippen molar-refractivity contribution in [2.24, 2.45) is 0 Å². The number of aromatic nitrogens is 2. The van der Waals surface area contributed by atoms with Crippen LogP contribution in [0.15, 0.2) is 30.3 Å². The van der Waals surface area contributed by atoms with Crippen LogP contribution in [0, 0.1) is 5.82 Å². The van der Waals surface area contributed by atoms with E-state index in [1.54, 1.807) is 18.2 Å². The van der Waals surface area contributed by atoms with Gasteiger partial charge in [0.1, 0.15) is 16.8 Å². The van der Waals surface area contributed by atoms with E-state index in [9.17, 15) is 14.6 Å². The summed E-state index contributed by atoms with van der Waals surface area (Å²) < 4.78 is 13.1. The van der Waals surface area contributed by atoms with Crippen LogP contribution >= 0.6 is 11.6 Å². The highest BCUT2D eigenvalue weighted by Gasteiger charge is 2.32. The van der Waals surface area contributed by atoms with Crippen molar-refractivity contribution in [2.45, 2.75) is 31.4 Å². The largest absolute Gasteiger partial charge is 0.393 e. The van der Waals surface area contributed by atoms with Gasteiger partial charge in [-0.15, -0.1) is 0 Å². The second-order valence-electron chi connectivity index (χ2n) is 6.66. The van der Waals surface area contributed by atoms with Crippen molar-refractivity contribution in [2.75, 3.05) is 29.9 Å². The van der Waals surface area contributed by atoms with E-state index in [2.05, 4.69) is 15.3 Å². The molecule has 0 saturated carbocycles. The maximum atomic E-state index is 13.1. The van der Waals surface area contributed by atoms with E-state index in [0.29, 0.717) is 42.9 Å². The first-order valence-electron chi connectivity index (χ1n) is 8.53. The Hall–Kier alpha value is -1.96. The van der Waals surface area contributed by atoms with Crippen LogP contribution < -0.4 is 10.2 Å². The number of aliphatic hydroxyl groups excluding tert-OH is 1. The third kappa shape index (κ3) is 4.41. The lowest BCUT2D eigenvalue weighted by molar-refractivity contribution is -0.0326. The van der Waals surface area contributed by atoms with Crippen LogP contribution in [-0.2, 0) is 0 Å². The van der Waals surface area contributed by atoms with E-state index in [-0.39, 0.29) is 18.5 Å². The van der Waals surface area contributed by atoms with Crippen LogP contribution in [0.25, 0.3) is 0 Å². The number of aliphatic hydroxyl groups is 2. The van der Waals surface area contributed by atoms with Gasteiger partial charge >= 0.3 is 0 Å². The van der Waals surface area contributed by atoms with Gasteiger partial charge in [-0.3, -0.25) is 0 Å². The number of anilines is 2. The summed E-state index contributed by atoms with van der Waals surface area (Å²) in [5, 5.41) is 22.9. The molecule has 2 aromatic rings. The smallest absolute Gasteiger partial charge is 0.226 e. The molecular formula is C18H22ClFN4O2. The van der Waals surface area contributed by atoms with Crippen molar-refractivity contribution in [3.8, 4) is 0 Å². The maximum Gasteiger partial charge on any atom is 0.226 e. The van der Waals surface area contributed by atoms with E-state index in [0.717, 1.165) is 5.56 Å². The number of nitrogens with zero attached hydrogens (tertiary/aromatic N) is 3. The third-order valence-electron chi connectivity index (χ3n) is 4.71. The molecule has 8 heteroatoms. The number of hydrogen-bond acceptors (Lipinski definition) is 6. The number of nitrogens with one attached hydrogen (secondary N) is 1. The molecule has 0 bridgehead atoms. The van der Waals surface area contributed by atoms with Gasteiger partial charge in [-0.2, -0.15) is 4.98 Å². The Labute approximate surface area is 156 Å². The lowest BCUT2D eigenvalue weighted by Crippen LogP contribution is -2.46. The molecule has 1 unspecified atom stereocenters. The van der Waals surface area contributed by atoms with Crippen molar-refractivity contribution < 1.29 is 14.6 Å². The Balaban J connectivity index is 1.72. The average Bonchev–Trinajstić information content (AvgIpc) is 2.62. The Morgan fingerprint density at radius 1 is 1.27 bits per heavy atom. The first-order valence-corrected chi connectivity index (χ1v) is 8.91. The number of benzene rings is 1. The molecule has 6 nitrogen and oxygen atoms in total. The van der Waals surface area contributed by atoms with E-state index in [4.69, 9.17) is 11.6 Å². The fourth-order valence-corrected chi connectivity index (χ4v) is 3.15. The summed E-state index contributed by atoms with van der Waals surface area (Å²) in [6, 6.07) is 7.79. The zero-order valence-corrected chi connectivity index (χ0v) is 15.2. The molecule has 1 aliphatic rings. The first-order chi connectivity index (χ1) is 12.4. The summed E-state index contributed by atoms with van der Waals surface area (Å²) in [5.74, 6) is 0.765. The van der Waals surface area contributed by atoms with Gasteiger partial charge < -0.3 is 20.4 Å². The van der Waals surface area contributed by atoms with Gasteiger partial charge in [0.2, 0.25) is 5.95 Å². The van der Waals surface area contributed by atoms with Crippen molar-refractivity contribution >= 4 is 23.4 Å². The van der Waals surface area contributed by atoms with E-state index in [1.165, 1.54) is 12.1 Å². The molecule has 140 valence electrons. The number of hydrogen-bond donors (Lipinski definition) is 3. The van der Waals surface area contributed by atoms with Gasteiger partial charge in [0.05, 0.1) is 18.2 Å². The van der Waals surface area contributed by atoms with Crippen molar-refractivity contribution in [1.82, 2.24) is 9.97 Å². The lowest BCUT2D eigenvalue weighted by Gasteiger charge is -2.37. The zero-order valence-electron chi connectivity index (χ0n) is 14.5. The second kappa shape index (κ2) is 7.73. The van der Waals surface area contributed by atoms with Crippen molar-refractivity contribution in [1.29, 1.82) is 0 Å². The molecule has 1 aliphatic heterocycles. The minimum absolute atomic E-state index is 0.122. The minimum Gasteiger partial charge on any atom is -0.393 e. The summed E-state index contributed by atoms with van der Waals surface area (Å²) in [4.78, 5) is 10.7. The molecule has 3 rings (SSSR count). The summed E-state index contributed by atoms with van der Waals surface area (Å²) in [6.45, 7) is 2.82. The number of rotatable bonds is 5. The minimum atomic E-state index is -1.02. The predicted octanol–water partition coefficient (Wildman–Crippen LogP) is 2.77. The highest BCUT2D eigenvalue weighted by atomic mass is 35.5. The molecule has 1 atom stereocenters. The van der Waals surface area contributed by atoms with E-state index >= 15 is 0 Å². The SMILES string of the molecule is CC(Nc1nc(Cl)cc(N2CCC(O)(CO)CC2)n1)c1ccc(F)cc1. The molecule has 0 amide bonds. The van der Waals surface area contributed by atoms with E-state index in [1.807, 2.05) is 11.8 Å². The summed E-state index contributed by atoms with van der Waals surface area (Å²) >= 11 is 6.15. The molecule has 0 radical (unpaired) electrons. The lowest BCUT2D eigenvalue weighted by atomic mass is 9.92. The maximum absolute atomic E-state index is 13.1. The normalized spacial score (nSPS) is 17.8. The summed E-state index contributed by atoms with van der Waals surface area (Å²) in [7, 11) is 0. The van der Waals surface area contributed by atoms with Crippen LogP contribution in [0.3, 0.4) is 0 Å². The number of halogens is 2. The number of piperidine rings is 1. The topological polar surface area (TPSA) is 81.5 Å². The Morgan fingerprint density at radius 2 is 1.92 bits per heavy atom. The highest BCUT2D eigenvalue weighted by molar-refractivity contribution is 6.29. The summed E-state index contributed by atoms with van der Waals surface area (Å²) in [6.07, 6.45) is 0.916. The molecule has 0 spiro atoms. The van der Waals surface area contributed by atoms with Crippen LogP contribution in [0.4, 0.5) is 16.2 Å². The first kappa shape index (κ1) is 18.8. The quantitative estimate of drug-likeness (QED) is 0.692. The molecule has 0 aliphatic carbocycles. The van der Waals surface area contributed by atoms with Gasteiger partial charge in [0, 0.05) is 19.2 Å². The Bertz CT molecular complexity index is 751. The van der Waals surface area contributed by atoms with Crippen molar-refractivity contribution in [3.63, 3.8) is 0 Å².